The molecule has 1 aromatic carbocycles. The van der Waals surface area contributed by atoms with Crippen molar-refractivity contribution in [3.63, 3.8) is 0 Å². The maximum absolute atomic E-state index is 12.8. The molecule has 1 spiro atoms. The minimum atomic E-state index is -3.42. The molecule has 190 valence electrons. The van der Waals surface area contributed by atoms with Gasteiger partial charge in [0.15, 0.2) is 5.78 Å². The van der Waals surface area contributed by atoms with Crippen molar-refractivity contribution in [1.82, 2.24) is 10.2 Å². The average molecular weight is 498 g/mol. The molecule has 0 radical (unpaired) electrons. The number of piperidine rings is 1. The molecule has 0 bridgehead atoms. The number of sulfonamides is 1. The SMILES string of the molecule is CC(C)(C)OC(=O)NCCOCCN1CCC2(CC1)CC(=O)c1cc(NS(C)(=O)=O)ccc1O2. The van der Waals surface area contributed by atoms with Crippen LogP contribution >= 0.6 is 0 Å². The predicted molar refractivity (Wildman–Crippen MR) is 128 cm³/mol. The highest BCUT2D eigenvalue weighted by atomic mass is 32.2. The number of alkyl carbamates (subject to hydrolysis) is 1. The van der Waals surface area contributed by atoms with Crippen molar-refractivity contribution in [3.05, 3.63) is 23.8 Å². The summed E-state index contributed by atoms with van der Waals surface area (Å²) in [6, 6.07) is 4.80. The Kier molecular flexibility index (Phi) is 8.10. The summed E-state index contributed by atoms with van der Waals surface area (Å²) in [7, 11) is -3.42. The van der Waals surface area contributed by atoms with Gasteiger partial charge in [-0.25, -0.2) is 13.2 Å². The zero-order chi connectivity index (χ0) is 25.0. The quantitative estimate of drug-likeness (QED) is 0.525. The Labute approximate surface area is 201 Å². The zero-order valence-corrected chi connectivity index (χ0v) is 21.1. The van der Waals surface area contributed by atoms with Gasteiger partial charge in [0.25, 0.3) is 0 Å². The van der Waals surface area contributed by atoms with Crippen molar-refractivity contribution < 1.29 is 32.2 Å². The van der Waals surface area contributed by atoms with Gasteiger partial charge in [0.2, 0.25) is 10.0 Å². The molecular weight excluding hydrogens is 462 g/mol. The second-order valence-corrected chi connectivity index (χ2v) is 11.6. The van der Waals surface area contributed by atoms with E-state index in [9.17, 15) is 18.0 Å². The number of nitrogens with zero attached hydrogens (tertiary/aromatic N) is 1. The number of benzene rings is 1. The summed E-state index contributed by atoms with van der Waals surface area (Å²) in [5, 5.41) is 2.66. The molecule has 2 heterocycles. The Hall–Kier alpha value is -2.37. The third kappa shape index (κ3) is 7.85. The van der Waals surface area contributed by atoms with Crippen LogP contribution in [0.1, 0.15) is 50.4 Å². The van der Waals surface area contributed by atoms with Gasteiger partial charge in [-0.2, -0.15) is 0 Å². The number of fused-ring (bicyclic) bond motifs is 1. The number of rotatable bonds is 8. The number of hydrogen-bond acceptors (Lipinski definition) is 8. The van der Waals surface area contributed by atoms with Gasteiger partial charge in [0.05, 0.1) is 31.5 Å². The minimum Gasteiger partial charge on any atom is -0.486 e. The number of nitrogens with one attached hydrogen (secondary N) is 2. The molecule has 11 heteroatoms. The van der Waals surface area contributed by atoms with Crippen LogP contribution in [0, 0.1) is 0 Å². The van der Waals surface area contributed by atoms with Gasteiger partial charge in [-0.15, -0.1) is 0 Å². The van der Waals surface area contributed by atoms with Gasteiger partial charge in [0.1, 0.15) is 17.0 Å². The summed E-state index contributed by atoms with van der Waals surface area (Å²) in [6.45, 7) is 9.11. The Bertz CT molecular complexity index is 996. The average Bonchev–Trinajstić information content (AvgIpc) is 2.70. The number of carbonyl (C=O) groups is 2. The first kappa shape index (κ1) is 26.2. The number of carbonyl (C=O) groups excluding carboxylic acids is 2. The molecule has 1 amide bonds. The maximum Gasteiger partial charge on any atom is 0.407 e. The Balaban J connectivity index is 1.40. The summed E-state index contributed by atoms with van der Waals surface area (Å²) >= 11 is 0. The highest BCUT2D eigenvalue weighted by Gasteiger charge is 2.42. The molecule has 0 aliphatic carbocycles. The summed E-state index contributed by atoms with van der Waals surface area (Å²) in [5.41, 5.74) is -0.283. The summed E-state index contributed by atoms with van der Waals surface area (Å²) < 4.78 is 42.4. The first-order valence-corrected chi connectivity index (χ1v) is 13.3. The van der Waals surface area contributed by atoms with E-state index in [-0.39, 0.29) is 12.2 Å². The lowest BCUT2D eigenvalue weighted by Gasteiger charge is -2.44. The van der Waals surface area contributed by atoms with Crippen LogP contribution in [0.5, 0.6) is 5.75 Å². The van der Waals surface area contributed by atoms with E-state index in [0.717, 1.165) is 38.7 Å². The van der Waals surface area contributed by atoms with Gasteiger partial charge < -0.3 is 24.4 Å². The Morgan fingerprint density at radius 3 is 2.56 bits per heavy atom. The van der Waals surface area contributed by atoms with Crippen LogP contribution in [-0.2, 0) is 19.5 Å². The van der Waals surface area contributed by atoms with Crippen molar-refractivity contribution in [1.29, 1.82) is 0 Å². The fraction of sp³-hybridized carbons (Fsp3) is 0.652. The molecule has 0 aromatic heterocycles. The molecule has 2 aliphatic rings. The first-order valence-electron chi connectivity index (χ1n) is 11.5. The fourth-order valence-corrected chi connectivity index (χ4v) is 4.62. The van der Waals surface area contributed by atoms with Crippen LogP contribution in [0.2, 0.25) is 0 Å². The smallest absolute Gasteiger partial charge is 0.407 e. The lowest BCUT2D eigenvalue weighted by molar-refractivity contribution is -0.0148. The van der Waals surface area contributed by atoms with Crippen molar-refractivity contribution >= 4 is 27.6 Å². The zero-order valence-electron chi connectivity index (χ0n) is 20.3. The molecule has 1 fully saturated rings. The Morgan fingerprint density at radius 1 is 1.21 bits per heavy atom. The van der Waals surface area contributed by atoms with Gasteiger partial charge >= 0.3 is 6.09 Å². The topological polar surface area (TPSA) is 123 Å². The lowest BCUT2D eigenvalue weighted by Crippen LogP contribution is -2.51. The van der Waals surface area contributed by atoms with Gasteiger partial charge in [0, 0.05) is 44.7 Å². The van der Waals surface area contributed by atoms with E-state index in [4.69, 9.17) is 14.2 Å². The van der Waals surface area contributed by atoms with Gasteiger partial charge in [-0.05, 0) is 39.0 Å². The number of Topliss-reactive ketones (excluding diaryl/α,β-unsaturated/α-hetero) is 1. The summed E-state index contributed by atoms with van der Waals surface area (Å²) in [5.74, 6) is 0.470. The third-order valence-corrected chi connectivity index (χ3v) is 6.23. The second kappa shape index (κ2) is 10.5. The van der Waals surface area contributed by atoms with E-state index in [1.165, 1.54) is 6.07 Å². The highest BCUT2D eigenvalue weighted by molar-refractivity contribution is 7.92. The van der Waals surface area contributed by atoms with E-state index in [2.05, 4.69) is 14.9 Å². The van der Waals surface area contributed by atoms with Crippen molar-refractivity contribution in [2.24, 2.45) is 0 Å². The van der Waals surface area contributed by atoms with Crippen LogP contribution in [0.3, 0.4) is 0 Å². The van der Waals surface area contributed by atoms with E-state index in [0.29, 0.717) is 36.8 Å². The van der Waals surface area contributed by atoms with Crippen molar-refractivity contribution in [3.8, 4) is 5.75 Å². The monoisotopic (exact) mass is 497 g/mol. The standard InChI is InChI=1S/C23H35N3O7S/c1-22(2,3)33-21(28)24-9-13-31-14-12-26-10-7-23(8-11-26)16-19(27)18-15-17(25-34(4,29)30)5-6-20(18)32-23/h5-6,15,25H,7-14,16H2,1-4H3,(H,24,28). The molecule has 10 nitrogen and oxygen atoms in total. The molecule has 0 saturated carbocycles. The van der Waals surface area contributed by atoms with Crippen LogP contribution in [0.4, 0.5) is 10.5 Å². The maximum atomic E-state index is 12.8. The largest absolute Gasteiger partial charge is 0.486 e. The van der Waals surface area contributed by atoms with Gasteiger partial charge in [-0.1, -0.05) is 0 Å². The number of anilines is 1. The Morgan fingerprint density at radius 2 is 1.91 bits per heavy atom. The molecule has 0 atom stereocenters. The number of amides is 1. The molecule has 1 aromatic rings. The number of ketones is 1. The highest BCUT2D eigenvalue weighted by Crippen LogP contribution is 2.40. The third-order valence-electron chi connectivity index (χ3n) is 5.63. The van der Waals surface area contributed by atoms with Crippen LogP contribution in [0.15, 0.2) is 18.2 Å². The van der Waals surface area contributed by atoms with Gasteiger partial charge in [-0.3, -0.25) is 9.52 Å². The summed E-state index contributed by atoms with van der Waals surface area (Å²) in [4.78, 5) is 26.7. The molecule has 0 unspecified atom stereocenters. The minimum absolute atomic E-state index is 0.0346. The molecule has 2 N–H and O–H groups in total. The van der Waals surface area contributed by atoms with Crippen molar-refractivity contribution in [2.75, 3.05) is 50.4 Å². The predicted octanol–water partition coefficient (Wildman–Crippen LogP) is 2.40. The van der Waals surface area contributed by atoms with Crippen LogP contribution < -0.4 is 14.8 Å². The summed E-state index contributed by atoms with van der Waals surface area (Å²) in [6.07, 6.45) is 2.34. The normalized spacial score (nSPS) is 18.2. The first-order chi connectivity index (χ1) is 15.8. The van der Waals surface area contributed by atoms with E-state index in [1.807, 2.05) is 20.8 Å². The fourth-order valence-electron chi connectivity index (χ4n) is 4.07. The molecule has 2 aliphatic heterocycles. The lowest BCUT2D eigenvalue weighted by atomic mass is 9.82. The molecule has 1 saturated heterocycles. The molecule has 3 rings (SSSR count). The van der Waals surface area contributed by atoms with E-state index in [1.54, 1.807) is 12.1 Å². The van der Waals surface area contributed by atoms with E-state index < -0.39 is 27.3 Å². The second-order valence-electron chi connectivity index (χ2n) is 9.85. The van der Waals surface area contributed by atoms with Crippen LogP contribution in [-0.4, -0.2) is 82.0 Å². The van der Waals surface area contributed by atoms with E-state index >= 15 is 0 Å². The molecule has 34 heavy (non-hydrogen) atoms. The van der Waals surface area contributed by atoms with Crippen molar-refractivity contribution in [2.45, 2.75) is 51.2 Å². The number of hydrogen-bond donors (Lipinski definition) is 2. The number of ether oxygens (including phenoxy) is 3. The number of likely N-dealkylation sites (tertiary alicyclic amines) is 1. The van der Waals surface area contributed by atoms with Crippen LogP contribution in [0.25, 0.3) is 0 Å². The molecular formula is C23H35N3O7S.